The maximum atomic E-state index is 4.03. The quantitative estimate of drug-likeness (QED) is 0.371. The van der Waals surface area contributed by atoms with Gasteiger partial charge >= 0.3 is 0 Å². The summed E-state index contributed by atoms with van der Waals surface area (Å²) in [5, 5.41) is 0. The Morgan fingerprint density at radius 3 is 1.67 bits per heavy atom. The van der Waals surface area contributed by atoms with E-state index in [9.17, 15) is 0 Å². The lowest BCUT2D eigenvalue weighted by atomic mass is 10.0. The summed E-state index contributed by atoms with van der Waals surface area (Å²) >= 11 is 0. The third kappa shape index (κ3) is 7.33. The van der Waals surface area contributed by atoms with Crippen molar-refractivity contribution in [1.82, 2.24) is 0 Å². The maximum Gasteiger partial charge on any atom is -0.0320 e. The smallest absolute Gasteiger partial charge is 0.0320 e. The Balaban J connectivity index is 3.21. The average Bonchev–Trinajstić information content (AvgIpc) is 2.06. The Morgan fingerprint density at radius 2 is 1.33 bits per heavy atom. The highest BCUT2D eigenvalue weighted by Crippen LogP contribution is 2.12. The van der Waals surface area contributed by atoms with Crippen LogP contribution in [-0.2, 0) is 0 Å². The molecule has 0 atom stereocenters. The molecule has 0 amide bonds. The van der Waals surface area contributed by atoms with Crippen molar-refractivity contribution in [3.05, 3.63) is 37.5 Å². The van der Waals surface area contributed by atoms with E-state index < -0.39 is 0 Å². The second-order valence-corrected chi connectivity index (χ2v) is 3.11. The van der Waals surface area contributed by atoms with E-state index in [0.717, 1.165) is 25.7 Å². The monoisotopic (exact) mass is 164 g/mol. The van der Waals surface area contributed by atoms with Crippen LogP contribution in [0.5, 0.6) is 0 Å². The average molecular weight is 164 g/mol. The van der Waals surface area contributed by atoms with E-state index in [2.05, 4.69) is 19.7 Å². The third-order valence-corrected chi connectivity index (χ3v) is 1.88. The molecule has 0 N–H and O–H groups in total. The van der Waals surface area contributed by atoms with Gasteiger partial charge in [-0.15, -0.1) is 13.2 Å². The summed E-state index contributed by atoms with van der Waals surface area (Å²) in [6.07, 6.45) is 10.9. The highest BCUT2D eigenvalue weighted by atomic mass is 14.0. The topological polar surface area (TPSA) is 0 Å². The number of allylic oxidation sites excluding steroid dienone is 3. The molecule has 0 saturated heterocycles. The van der Waals surface area contributed by atoms with Crippen molar-refractivity contribution in [3.63, 3.8) is 0 Å². The molecule has 68 valence electrons. The first-order valence-electron chi connectivity index (χ1n) is 4.69. The fourth-order valence-corrected chi connectivity index (χ4v) is 1.12. The van der Waals surface area contributed by atoms with Gasteiger partial charge < -0.3 is 0 Å². The van der Waals surface area contributed by atoms with Crippen LogP contribution in [0.15, 0.2) is 37.5 Å². The summed E-state index contributed by atoms with van der Waals surface area (Å²) in [6, 6.07) is 0. The molecule has 0 aromatic carbocycles. The molecular weight excluding hydrogens is 144 g/mol. The molecule has 0 heteroatoms. The van der Waals surface area contributed by atoms with Crippen molar-refractivity contribution >= 4 is 0 Å². The maximum absolute atomic E-state index is 4.03. The molecular formula is C12H20. The number of rotatable bonds is 8. The molecule has 0 aliphatic carbocycles. The van der Waals surface area contributed by atoms with E-state index in [4.69, 9.17) is 0 Å². The van der Waals surface area contributed by atoms with Gasteiger partial charge in [0.15, 0.2) is 0 Å². The summed E-state index contributed by atoms with van der Waals surface area (Å²) in [6.45, 7) is 11.4. The molecule has 0 spiro atoms. The Hall–Kier alpha value is -0.780. The molecule has 0 bridgehead atoms. The minimum atomic E-state index is 1.11. The molecule has 0 radical (unpaired) electrons. The van der Waals surface area contributed by atoms with E-state index in [1.54, 1.807) is 0 Å². The van der Waals surface area contributed by atoms with Crippen molar-refractivity contribution in [2.45, 2.75) is 38.5 Å². The first-order chi connectivity index (χ1) is 5.81. The molecule has 0 aromatic heterocycles. The second-order valence-electron chi connectivity index (χ2n) is 3.11. The normalized spacial score (nSPS) is 9.33. The summed E-state index contributed by atoms with van der Waals surface area (Å²) < 4.78 is 0. The van der Waals surface area contributed by atoms with Crippen LogP contribution < -0.4 is 0 Å². The lowest BCUT2D eigenvalue weighted by molar-refractivity contribution is 0.751. The van der Waals surface area contributed by atoms with E-state index in [-0.39, 0.29) is 0 Å². The van der Waals surface area contributed by atoms with Crippen molar-refractivity contribution in [3.8, 4) is 0 Å². The number of hydrogen-bond donors (Lipinski definition) is 0. The van der Waals surface area contributed by atoms with Gasteiger partial charge in [-0.05, 0) is 38.5 Å². The van der Waals surface area contributed by atoms with Crippen LogP contribution in [0.4, 0.5) is 0 Å². The zero-order chi connectivity index (χ0) is 9.23. The zero-order valence-electron chi connectivity index (χ0n) is 8.02. The molecule has 0 aliphatic rings. The van der Waals surface area contributed by atoms with E-state index in [1.165, 1.54) is 18.4 Å². The van der Waals surface area contributed by atoms with Crippen LogP contribution in [0.2, 0.25) is 0 Å². The lowest BCUT2D eigenvalue weighted by Crippen LogP contribution is -1.82. The standard InChI is InChI=1S/C12H20/c1-4-6-8-10-12(3)11-9-7-5-2/h4-5H,1-3,6-11H2. The lowest BCUT2D eigenvalue weighted by Gasteiger charge is -2.02. The molecule has 0 heterocycles. The van der Waals surface area contributed by atoms with E-state index in [1.807, 2.05) is 12.2 Å². The Kier molecular flexibility index (Phi) is 7.78. The highest BCUT2D eigenvalue weighted by Gasteiger charge is 1.92. The SMILES string of the molecule is C=CCCCC(=C)CCCC=C. The first kappa shape index (κ1) is 11.2. The molecule has 0 fully saturated rings. The van der Waals surface area contributed by atoms with Crippen LogP contribution in [0.3, 0.4) is 0 Å². The Bertz CT molecular complexity index is 126. The van der Waals surface area contributed by atoms with Crippen molar-refractivity contribution in [2.75, 3.05) is 0 Å². The summed E-state index contributed by atoms with van der Waals surface area (Å²) in [7, 11) is 0. The van der Waals surface area contributed by atoms with Crippen molar-refractivity contribution < 1.29 is 0 Å². The van der Waals surface area contributed by atoms with Gasteiger partial charge in [-0.1, -0.05) is 24.3 Å². The molecule has 0 aliphatic heterocycles. The Labute approximate surface area is 76.7 Å². The van der Waals surface area contributed by atoms with Crippen LogP contribution in [0.25, 0.3) is 0 Å². The summed E-state index contributed by atoms with van der Waals surface area (Å²) in [4.78, 5) is 0. The molecule has 0 nitrogen and oxygen atoms in total. The second kappa shape index (κ2) is 8.32. The van der Waals surface area contributed by atoms with Crippen molar-refractivity contribution in [2.24, 2.45) is 0 Å². The van der Waals surface area contributed by atoms with Gasteiger partial charge in [-0.3, -0.25) is 0 Å². The number of unbranched alkanes of at least 4 members (excludes halogenated alkanes) is 2. The van der Waals surface area contributed by atoms with Crippen LogP contribution in [-0.4, -0.2) is 0 Å². The van der Waals surface area contributed by atoms with Crippen LogP contribution in [0, 0.1) is 0 Å². The predicted molar refractivity (Wildman–Crippen MR) is 57.2 cm³/mol. The van der Waals surface area contributed by atoms with Gasteiger partial charge in [0.1, 0.15) is 0 Å². The van der Waals surface area contributed by atoms with Gasteiger partial charge in [-0.25, -0.2) is 0 Å². The van der Waals surface area contributed by atoms with Crippen LogP contribution >= 0.6 is 0 Å². The number of hydrogen-bond acceptors (Lipinski definition) is 0. The molecule has 12 heavy (non-hydrogen) atoms. The molecule has 0 aromatic rings. The zero-order valence-corrected chi connectivity index (χ0v) is 8.02. The molecule has 0 unspecified atom stereocenters. The van der Waals surface area contributed by atoms with Gasteiger partial charge in [0.05, 0.1) is 0 Å². The fourth-order valence-electron chi connectivity index (χ4n) is 1.12. The third-order valence-electron chi connectivity index (χ3n) is 1.88. The van der Waals surface area contributed by atoms with Gasteiger partial charge in [0.2, 0.25) is 0 Å². The molecule has 0 rings (SSSR count). The minimum Gasteiger partial charge on any atom is -0.103 e. The fraction of sp³-hybridized carbons (Fsp3) is 0.500. The highest BCUT2D eigenvalue weighted by molar-refractivity contribution is 4.94. The van der Waals surface area contributed by atoms with E-state index >= 15 is 0 Å². The Morgan fingerprint density at radius 1 is 0.917 bits per heavy atom. The van der Waals surface area contributed by atoms with Gasteiger partial charge in [0, 0.05) is 0 Å². The summed E-state index contributed by atoms with van der Waals surface area (Å²) in [5.74, 6) is 0. The molecule has 0 saturated carbocycles. The summed E-state index contributed by atoms with van der Waals surface area (Å²) in [5.41, 5.74) is 1.37. The first-order valence-corrected chi connectivity index (χ1v) is 4.69. The predicted octanol–water partition coefficient (Wildman–Crippen LogP) is 4.26. The van der Waals surface area contributed by atoms with Crippen molar-refractivity contribution in [1.29, 1.82) is 0 Å². The van der Waals surface area contributed by atoms with Gasteiger partial charge in [-0.2, -0.15) is 0 Å². The minimum absolute atomic E-state index is 1.11. The van der Waals surface area contributed by atoms with Gasteiger partial charge in [0.25, 0.3) is 0 Å². The largest absolute Gasteiger partial charge is 0.103 e. The van der Waals surface area contributed by atoms with Crippen LogP contribution in [0.1, 0.15) is 38.5 Å². The van der Waals surface area contributed by atoms with E-state index in [0.29, 0.717) is 0 Å².